The smallest absolute Gasteiger partial charge is 0.153 e. The monoisotopic (exact) mass is 422 g/mol. The van der Waals surface area contributed by atoms with Crippen LogP contribution < -0.4 is 0 Å². The van der Waals surface area contributed by atoms with Crippen LogP contribution in [0.2, 0.25) is 0 Å². The van der Waals surface area contributed by atoms with Crippen LogP contribution in [0.4, 0.5) is 0 Å². The Labute approximate surface area is 191 Å². The molecule has 32 heavy (non-hydrogen) atoms. The minimum absolute atomic E-state index is 0.727. The van der Waals surface area contributed by atoms with Crippen LogP contribution in [0.1, 0.15) is 48.9 Å². The van der Waals surface area contributed by atoms with Crippen molar-refractivity contribution in [3.05, 3.63) is 144 Å². The molecule has 2 nitrogen and oxygen atoms in total. The Bertz CT molecular complexity index is 907. The highest BCUT2D eigenvalue weighted by atomic mass is 17.2. The van der Waals surface area contributed by atoms with Crippen LogP contribution >= 0.6 is 0 Å². The van der Waals surface area contributed by atoms with Crippen molar-refractivity contribution in [1.82, 2.24) is 0 Å². The third-order valence-corrected chi connectivity index (χ3v) is 6.28. The Balaban J connectivity index is 1.83. The van der Waals surface area contributed by atoms with E-state index in [4.69, 9.17) is 9.78 Å². The first-order chi connectivity index (χ1) is 15.7. The summed E-state index contributed by atoms with van der Waals surface area (Å²) in [7, 11) is 0. The summed E-state index contributed by atoms with van der Waals surface area (Å²) in [6.07, 6.45) is 1.45. The fraction of sp³-hybridized carbons (Fsp3) is 0.200. The van der Waals surface area contributed by atoms with Crippen molar-refractivity contribution >= 4 is 0 Å². The van der Waals surface area contributed by atoms with E-state index in [1.807, 2.05) is 72.8 Å². The predicted octanol–water partition coefficient (Wildman–Crippen LogP) is 7.64. The van der Waals surface area contributed by atoms with Gasteiger partial charge in [0.05, 0.1) is 0 Å². The molecule has 162 valence electrons. The van der Waals surface area contributed by atoms with Gasteiger partial charge in [0.25, 0.3) is 0 Å². The van der Waals surface area contributed by atoms with Gasteiger partial charge < -0.3 is 0 Å². The molecule has 4 rings (SSSR count). The number of hydrogen-bond acceptors (Lipinski definition) is 2. The first-order valence-corrected chi connectivity index (χ1v) is 11.3. The first-order valence-electron chi connectivity index (χ1n) is 11.3. The average Bonchev–Trinajstić information content (AvgIpc) is 2.89. The number of rotatable bonds is 9. The molecule has 0 atom stereocenters. The number of hydrogen-bond donors (Lipinski definition) is 0. The first kappa shape index (κ1) is 22.0. The van der Waals surface area contributed by atoms with Gasteiger partial charge in [0.2, 0.25) is 0 Å². The van der Waals surface area contributed by atoms with Crippen LogP contribution in [0.15, 0.2) is 121 Å². The lowest BCUT2D eigenvalue weighted by Crippen LogP contribution is -2.38. The molecule has 0 spiro atoms. The van der Waals surface area contributed by atoms with Gasteiger partial charge in [-0.05, 0) is 35.1 Å². The van der Waals surface area contributed by atoms with Gasteiger partial charge in [0.1, 0.15) is 0 Å². The lowest BCUT2D eigenvalue weighted by atomic mass is 9.83. The molecule has 0 aromatic heterocycles. The second-order valence-corrected chi connectivity index (χ2v) is 7.99. The van der Waals surface area contributed by atoms with E-state index in [2.05, 4.69) is 62.4 Å². The summed E-state index contributed by atoms with van der Waals surface area (Å²) in [6.45, 7) is 4.28. The molecular weight excluding hydrogens is 392 g/mol. The Hall–Kier alpha value is -3.20. The predicted molar refractivity (Wildman–Crippen MR) is 130 cm³/mol. The Morgan fingerprint density at radius 2 is 0.625 bits per heavy atom. The fourth-order valence-electron chi connectivity index (χ4n) is 4.43. The maximum atomic E-state index is 6.62. The Morgan fingerprint density at radius 3 is 0.812 bits per heavy atom. The van der Waals surface area contributed by atoms with E-state index in [0.717, 1.165) is 35.1 Å². The topological polar surface area (TPSA) is 18.5 Å². The van der Waals surface area contributed by atoms with Crippen molar-refractivity contribution < 1.29 is 9.78 Å². The Morgan fingerprint density at radius 1 is 0.406 bits per heavy atom. The summed E-state index contributed by atoms with van der Waals surface area (Å²) in [5.41, 5.74) is 2.82. The SMILES string of the molecule is CCC(OOC(CC)(c1ccccc1)c1ccccc1)(c1ccccc1)c1ccccc1. The maximum Gasteiger partial charge on any atom is 0.153 e. The summed E-state index contributed by atoms with van der Waals surface area (Å²) >= 11 is 0. The molecule has 0 amide bonds. The van der Waals surface area contributed by atoms with Crippen molar-refractivity contribution in [2.75, 3.05) is 0 Å². The number of benzene rings is 4. The summed E-state index contributed by atoms with van der Waals surface area (Å²) in [5, 5.41) is 0. The van der Waals surface area contributed by atoms with Crippen LogP contribution in [0.25, 0.3) is 0 Å². The molecule has 0 aliphatic heterocycles. The minimum atomic E-state index is -0.730. The molecule has 0 saturated carbocycles. The molecule has 0 unspecified atom stereocenters. The van der Waals surface area contributed by atoms with E-state index in [1.54, 1.807) is 0 Å². The molecule has 0 aliphatic carbocycles. The van der Waals surface area contributed by atoms with Gasteiger partial charge in [-0.25, -0.2) is 9.78 Å². The third kappa shape index (κ3) is 4.12. The van der Waals surface area contributed by atoms with Gasteiger partial charge in [-0.1, -0.05) is 135 Å². The summed E-state index contributed by atoms with van der Waals surface area (Å²) in [5.74, 6) is 0. The largest absolute Gasteiger partial charge is 0.219 e. The minimum Gasteiger partial charge on any atom is -0.219 e. The van der Waals surface area contributed by atoms with E-state index >= 15 is 0 Å². The van der Waals surface area contributed by atoms with E-state index in [-0.39, 0.29) is 0 Å². The zero-order valence-corrected chi connectivity index (χ0v) is 18.8. The van der Waals surface area contributed by atoms with E-state index in [1.165, 1.54) is 0 Å². The quantitative estimate of drug-likeness (QED) is 0.204. The van der Waals surface area contributed by atoms with Crippen molar-refractivity contribution in [2.45, 2.75) is 37.9 Å². The molecule has 2 heteroatoms. The molecule has 0 radical (unpaired) electrons. The highest BCUT2D eigenvalue weighted by molar-refractivity contribution is 5.38. The summed E-state index contributed by atoms with van der Waals surface area (Å²) < 4.78 is 0. The van der Waals surface area contributed by atoms with Crippen LogP contribution in [-0.4, -0.2) is 0 Å². The van der Waals surface area contributed by atoms with Crippen molar-refractivity contribution in [1.29, 1.82) is 0 Å². The van der Waals surface area contributed by atoms with Gasteiger partial charge >= 0.3 is 0 Å². The van der Waals surface area contributed by atoms with Crippen LogP contribution in [0, 0.1) is 0 Å². The molecule has 4 aromatic carbocycles. The van der Waals surface area contributed by atoms with Crippen molar-refractivity contribution in [3.63, 3.8) is 0 Å². The summed E-state index contributed by atoms with van der Waals surface area (Å²) in [4.78, 5) is 13.2. The normalized spacial score (nSPS) is 11.9. The maximum absolute atomic E-state index is 6.62. The molecule has 0 fully saturated rings. The van der Waals surface area contributed by atoms with Gasteiger partial charge in [0.15, 0.2) is 11.2 Å². The average molecular weight is 423 g/mol. The molecular formula is C30H30O2. The lowest BCUT2D eigenvalue weighted by Gasteiger charge is -2.39. The Kier molecular flexibility index (Phi) is 6.84. The molecule has 0 bridgehead atoms. The third-order valence-electron chi connectivity index (χ3n) is 6.28. The molecule has 0 saturated heterocycles. The molecule has 0 aliphatic rings. The van der Waals surface area contributed by atoms with Crippen LogP contribution in [-0.2, 0) is 21.0 Å². The zero-order chi connectivity index (χ0) is 22.3. The standard InChI is InChI=1S/C30H30O2/c1-3-29(25-17-9-5-10-18-25,26-19-11-6-12-20-26)31-32-30(4-2,27-21-13-7-14-22-27)28-23-15-8-16-24-28/h5-24H,3-4H2,1-2H3. The van der Waals surface area contributed by atoms with Gasteiger partial charge in [0, 0.05) is 0 Å². The van der Waals surface area contributed by atoms with Gasteiger partial charge in [-0.3, -0.25) is 0 Å². The summed E-state index contributed by atoms with van der Waals surface area (Å²) in [6, 6.07) is 41.4. The van der Waals surface area contributed by atoms with Gasteiger partial charge in [-0.15, -0.1) is 0 Å². The van der Waals surface area contributed by atoms with E-state index < -0.39 is 11.2 Å². The van der Waals surface area contributed by atoms with Crippen molar-refractivity contribution in [2.24, 2.45) is 0 Å². The highest BCUT2D eigenvalue weighted by Crippen LogP contribution is 2.43. The van der Waals surface area contributed by atoms with Crippen LogP contribution in [0.5, 0.6) is 0 Å². The molecule has 0 N–H and O–H groups in total. The second-order valence-electron chi connectivity index (χ2n) is 7.99. The molecule has 4 aromatic rings. The lowest BCUT2D eigenvalue weighted by molar-refractivity contribution is -0.407. The second kappa shape index (κ2) is 9.95. The zero-order valence-electron chi connectivity index (χ0n) is 18.8. The van der Waals surface area contributed by atoms with Gasteiger partial charge in [-0.2, -0.15) is 0 Å². The fourth-order valence-corrected chi connectivity index (χ4v) is 4.43. The highest BCUT2D eigenvalue weighted by Gasteiger charge is 2.41. The van der Waals surface area contributed by atoms with Crippen LogP contribution in [0.3, 0.4) is 0 Å². The van der Waals surface area contributed by atoms with Crippen molar-refractivity contribution in [3.8, 4) is 0 Å². The van der Waals surface area contributed by atoms with E-state index in [9.17, 15) is 0 Å². The van der Waals surface area contributed by atoms with E-state index in [0.29, 0.717) is 0 Å². The molecule has 0 heterocycles.